The van der Waals surface area contributed by atoms with Gasteiger partial charge in [0.05, 0.1) is 6.04 Å². The van der Waals surface area contributed by atoms with Gasteiger partial charge in [0.1, 0.15) is 5.60 Å². The second-order valence-electron chi connectivity index (χ2n) is 7.68. The van der Waals surface area contributed by atoms with Crippen LogP contribution in [-0.4, -0.2) is 23.5 Å². The number of rotatable bonds is 4. The van der Waals surface area contributed by atoms with Crippen molar-refractivity contribution >= 4 is 11.9 Å². The molecule has 5 heteroatoms. The molecule has 1 N–H and O–H groups in total. The Morgan fingerprint density at radius 1 is 1.15 bits per heavy atom. The van der Waals surface area contributed by atoms with E-state index >= 15 is 0 Å². The first-order valence-corrected chi connectivity index (χ1v) is 8.88. The summed E-state index contributed by atoms with van der Waals surface area (Å²) < 4.78 is 7.28. The molecule has 3 rings (SSSR count). The van der Waals surface area contributed by atoms with Gasteiger partial charge in [0.15, 0.2) is 24.7 Å². The molecule has 1 heterocycles. The number of Topliss-reactive ketones (excluding diaryl/α,β-unsaturated/α-hetero) is 1. The summed E-state index contributed by atoms with van der Waals surface area (Å²) in [5.41, 5.74) is 1.65. The van der Waals surface area contributed by atoms with Crippen LogP contribution in [0.4, 0.5) is 4.79 Å². The molecule has 1 aromatic heterocycles. The molecule has 1 aromatic carbocycles. The zero-order valence-corrected chi connectivity index (χ0v) is 15.4. The lowest BCUT2D eigenvalue weighted by atomic mass is 9.75. The van der Waals surface area contributed by atoms with E-state index in [2.05, 4.69) is 22.0 Å². The Morgan fingerprint density at radius 2 is 1.81 bits per heavy atom. The third-order valence-electron chi connectivity index (χ3n) is 4.38. The summed E-state index contributed by atoms with van der Waals surface area (Å²) in [7, 11) is 0. The molecule has 136 valence electrons. The molecule has 0 spiro atoms. The van der Waals surface area contributed by atoms with E-state index in [1.165, 1.54) is 5.56 Å². The molecule has 2 atom stereocenters. The molecule has 2 aromatic rings. The molecular weight excluding hydrogens is 328 g/mol. The monoisotopic (exact) mass is 353 g/mol. The minimum absolute atomic E-state index is 0.0386. The van der Waals surface area contributed by atoms with E-state index < -0.39 is 17.7 Å². The van der Waals surface area contributed by atoms with E-state index in [-0.39, 0.29) is 11.7 Å². The largest absolute Gasteiger partial charge is 0.444 e. The Morgan fingerprint density at radius 3 is 2.38 bits per heavy atom. The van der Waals surface area contributed by atoms with Crippen molar-refractivity contribution < 1.29 is 18.9 Å². The highest BCUT2D eigenvalue weighted by atomic mass is 16.6. The number of hydrogen-bond acceptors (Lipinski definition) is 3. The number of ketones is 1. The maximum atomic E-state index is 12.4. The molecular formula is C21H25N2O3+. The molecule has 0 radical (unpaired) electrons. The Labute approximate surface area is 154 Å². The Kier molecular flexibility index (Phi) is 5.07. The van der Waals surface area contributed by atoms with Gasteiger partial charge in [-0.3, -0.25) is 4.79 Å². The maximum absolute atomic E-state index is 12.4. The maximum Gasteiger partial charge on any atom is 0.408 e. The number of nitrogens with zero attached hydrogens (tertiary/aromatic N) is 1. The number of carbonyl (C=O) groups excluding carboxylic acids is 2. The van der Waals surface area contributed by atoms with Crippen LogP contribution in [0.2, 0.25) is 0 Å². The SMILES string of the molecule is CC(C)(C)OC(=O)NC1CC(c2cc[n+](Cc3ccccc3)cc2)C1=O. The van der Waals surface area contributed by atoms with Gasteiger partial charge < -0.3 is 10.1 Å². The number of benzene rings is 1. The van der Waals surface area contributed by atoms with Crippen molar-refractivity contribution in [1.82, 2.24) is 5.32 Å². The first-order chi connectivity index (χ1) is 12.3. The van der Waals surface area contributed by atoms with Crippen LogP contribution < -0.4 is 9.88 Å². The van der Waals surface area contributed by atoms with Gasteiger partial charge in [-0.05, 0) is 32.8 Å². The van der Waals surface area contributed by atoms with Gasteiger partial charge in [0.25, 0.3) is 0 Å². The normalized spacial score (nSPS) is 19.6. The highest BCUT2D eigenvalue weighted by molar-refractivity contribution is 5.98. The zero-order valence-electron chi connectivity index (χ0n) is 15.4. The van der Waals surface area contributed by atoms with Crippen molar-refractivity contribution in [3.63, 3.8) is 0 Å². The number of ether oxygens (including phenoxy) is 1. The molecule has 2 unspecified atom stereocenters. The summed E-state index contributed by atoms with van der Waals surface area (Å²) in [6, 6.07) is 13.7. The van der Waals surface area contributed by atoms with Crippen molar-refractivity contribution in [3.8, 4) is 0 Å². The minimum atomic E-state index is -0.567. The molecule has 1 aliphatic rings. The Balaban J connectivity index is 1.55. The standard InChI is InChI=1S/C21H24N2O3/c1-21(2,3)26-20(25)22-18-13-17(19(18)24)16-9-11-23(12-10-16)14-15-7-5-4-6-8-15/h4-12,17-18H,13-14H2,1-3H3/p+1. The van der Waals surface area contributed by atoms with Crippen molar-refractivity contribution in [2.45, 2.75) is 51.3 Å². The predicted molar refractivity (Wildman–Crippen MR) is 97.7 cm³/mol. The van der Waals surface area contributed by atoms with E-state index in [4.69, 9.17) is 4.74 Å². The Bertz CT molecular complexity index is 779. The van der Waals surface area contributed by atoms with Crippen LogP contribution in [0.5, 0.6) is 0 Å². The van der Waals surface area contributed by atoms with E-state index in [0.29, 0.717) is 6.42 Å². The summed E-state index contributed by atoms with van der Waals surface area (Å²) in [5.74, 6) is -0.113. The van der Waals surface area contributed by atoms with Crippen LogP contribution in [0.25, 0.3) is 0 Å². The molecule has 0 bridgehead atoms. The zero-order chi connectivity index (χ0) is 18.7. The molecule has 0 aliphatic heterocycles. The van der Waals surface area contributed by atoms with Gasteiger partial charge in [0.2, 0.25) is 0 Å². The number of amides is 1. The molecule has 1 fully saturated rings. The molecule has 1 amide bonds. The lowest BCUT2D eigenvalue weighted by molar-refractivity contribution is -0.688. The van der Waals surface area contributed by atoms with E-state index in [9.17, 15) is 9.59 Å². The van der Waals surface area contributed by atoms with E-state index in [1.54, 1.807) is 20.8 Å². The fourth-order valence-corrected chi connectivity index (χ4v) is 3.03. The first kappa shape index (κ1) is 18.1. The van der Waals surface area contributed by atoms with Crippen molar-refractivity contribution in [2.75, 3.05) is 0 Å². The van der Waals surface area contributed by atoms with Crippen LogP contribution >= 0.6 is 0 Å². The molecule has 1 aliphatic carbocycles. The summed E-state index contributed by atoms with van der Waals surface area (Å²) >= 11 is 0. The lowest BCUT2D eigenvalue weighted by Crippen LogP contribution is -2.53. The number of carbonyl (C=O) groups is 2. The molecule has 0 saturated heterocycles. The summed E-state index contributed by atoms with van der Waals surface area (Å²) in [6.07, 6.45) is 4.05. The van der Waals surface area contributed by atoms with Crippen LogP contribution in [0.3, 0.4) is 0 Å². The van der Waals surface area contributed by atoms with Gasteiger partial charge in [-0.2, -0.15) is 0 Å². The van der Waals surface area contributed by atoms with Gasteiger partial charge in [-0.15, -0.1) is 0 Å². The van der Waals surface area contributed by atoms with Gasteiger partial charge in [-0.1, -0.05) is 30.3 Å². The quantitative estimate of drug-likeness (QED) is 0.860. The van der Waals surface area contributed by atoms with Crippen molar-refractivity contribution in [3.05, 3.63) is 66.0 Å². The second-order valence-corrected chi connectivity index (χ2v) is 7.68. The van der Waals surface area contributed by atoms with Crippen LogP contribution in [0.1, 0.15) is 44.2 Å². The molecule has 26 heavy (non-hydrogen) atoms. The van der Waals surface area contributed by atoms with E-state index in [1.807, 2.05) is 42.7 Å². The third-order valence-corrected chi connectivity index (χ3v) is 4.38. The minimum Gasteiger partial charge on any atom is -0.444 e. The van der Waals surface area contributed by atoms with Gasteiger partial charge in [0, 0.05) is 23.6 Å². The van der Waals surface area contributed by atoms with Gasteiger partial charge >= 0.3 is 6.09 Å². The van der Waals surface area contributed by atoms with Gasteiger partial charge in [-0.25, -0.2) is 9.36 Å². The third kappa shape index (κ3) is 4.48. The number of pyridine rings is 1. The number of alkyl carbamates (subject to hydrolysis) is 1. The smallest absolute Gasteiger partial charge is 0.408 e. The predicted octanol–water partition coefficient (Wildman–Crippen LogP) is 2.97. The number of aromatic nitrogens is 1. The highest BCUT2D eigenvalue weighted by Gasteiger charge is 2.42. The average Bonchev–Trinajstić information content (AvgIpc) is 2.58. The summed E-state index contributed by atoms with van der Waals surface area (Å²) in [4.78, 5) is 24.1. The summed E-state index contributed by atoms with van der Waals surface area (Å²) in [6.45, 7) is 6.19. The fraction of sp³-hybridized carbons (Fsp3) is 0.381. The fourth-order valence-electron chi connectivity index (χ4n) is 3.03. The average molecular weight is 353 g/mol. The number of hydrogen-bond donors (Lipinski definition) is 1. The topological polar surface area (TPSA) is 59.3 Å². The first-order valence-electron chi connectivity index (χ1n) is 8.88. The molecule has 5 nitrogen and oxygen atoms in total. The number of nitrogens with one attached hydrogen (secondary N) is 1. The van der Waals surface area contributed by atoms with Crippen molar-refractivity contribution in [2.24, 2.45) is 0 Å². The van der Waals surface area contributed by atoms with Crippen LogP contribution in [0, 0.1) is 0 Å². The van der Waals surface area contributed by atoms with Crippen molar-refractivity contribution in [1.29, 1.82) is 0 Å². The van der Waals surface area contributed by atoms with E-state index in [0.717, 1.165) is 12.1 Å². The highest BCUT2D eigenvalue weighted by Crippen LogP contribution is 2.33. The second kappa shape index (κ2) is 7.28. The molecule has 1 saturated carbocycles. The van der Waals surface area contributed by atoms with Crippen LogP contribution in [-0.2, 0) is 16.1 Å². The Hall–Kier alpha value is -2.69. The summed E-state index contributed by atoms with van der Waals surface area (Å²) in [5, 5.41) is 2.65. The van der Waals surface area contributed by atoms with Crippen LogP contribution in [0.15, 0.2) is 54.9 Å². The lowest BCUT2D eigenvalue weighted by Gasteiger charge is -2.34.